The number of aryl methyl sites for hydroxylation is 1. The zero-order valence-electron chi connectivity index (χ0n) is 19.2. The van der Waals surface area contributed by atoms with Crippen molar-refractivity contribution in [1.82, 2.24) is 20.1 Å². The van der Waals surface area contributed by atoms with Crippen LogP contribution in [0.25, 0.3) is 10.9 Å². The molecule has 4 heterocycles. The molecule has 0 atom stereocenters. The van der Waals surface area contributed by atoms with Crippen molar-refractivity contribution in [2.24, 2.45) is 0 Å². The van der Waals surface area contributed by atoms with Gasteiger partial charge < -0.3 is 19.5 Å². The quantitative estimate of drug-likeness (QED) is 0.547. The lowest BCUT2D eigenvalue weighted by Crippen LogP contribution is -2.41. The minimum absolute atomic E-state index is 0.166. The first kappa shape index (κ1) is 23.2. The summed E-state index contributed by atoms with van der Waals surface area (Å²) in [5.74, 6) is -0.213. The fourth-order valence-electron chi connectivity index (χ4n) is 5.19. The largest absolute Gasteiger partial charge is 0.381 e. The summed E-state index contributed by atoms with van der Waals surface area (Å²) in [5.41, 5.74) is 3.74. The van der Waals surface area contributed by atoms with Gasteiger partial charge in [-0.25, -0.2) is 0 Å². The molecule has 2 aliphatic rings. The number of hydrogen-bond donors (Lipinski definition) is 2. The molecule has 1 fully saturated rings. The van der Waals surface area contributed by atoms with E-state index in [1.807, 2.05) is 13.0 Å². The maximum atomic E-state index is 13.7. The number of anilines is 1. The van der Waals surface area contributed by atoms with Crippen LogP contribution in [0.3, 0.4) is 0 Å². The number of benzene rings is 1. The second kappa shape index (κ2) is 9.24. The molecule has 0 bridgehead atoms. The Morgan fingerprint density at radius 3 is 2.76 bits per heavy atom. The Balaban J connectivity index is 1.52. The summed E-state index contributed by atoms with van der Waals surface area (Å²) in [6.45, 7) is 6.66. The molecule has 5 rings (SSSR count). The molecule has 2 aromatic heterocycles. The van der Waals surface area contributed by atoms with Crippen molar-refractivity contribution in [2.45, 2.75) is 45.7 Å². The molecule has 0 unspecified atom stereocenters. The van der Waals surface area contributed by atoms with Crippen molar-refractivity contribution in [3.63, 3.8) is 0 Å². The number of carbonyl (C=O) groups is 1. The van der Waals surface area contributed by atoms with Crippen molar-refractivity contribution in [1.29, 1.82) is 0 Å². The standard InChI is InChI=1S/C24H27Cl2N5O3/c1-3-31(14-5-8-34-9-6-14)19-10-18(25)15-4-7-30(24(33)20(15)21(19)26)12-17-16-11-27-29-22(16)13(2)28-23(17)32/h10-11,14H,3-9,12H2,1-2H3,(H,27,29)(H,28,32). The minimum atomic E-state index is -0.223. The van der Waals surface area contributed by atoms with Crippen molar-refractivity contribution in [3.8, 4) is 0 Å². The molecule has 0 radical (unpaired) electrons. The molecule has 8 nitrogen and oxygen atoms in total. The minimum Gasteiger partial charge on any atom is -0.381 e. The number of aromatic nitrogens is 3. The highest BCUT2D eigenvalue weighted by Crippen LogP contribution is 2.41. The van der Waals surface area contributed by atoms with Crippen LogP contribution in [-0.2, 0) is 17.7 Å². The van der Waals surface area contributed by atoms with Crippen LogP contribution in [0.5, 0.6) is 0 Å². The van der Waals surface area contributed by atoms with Gasteiger partial charge in [0.05, 0.1) is 34.5 Å². The molecule has 2 aliphatic heterocycles. The zero-order valence-corrected chi connectivity index (χ0v) is 20.7. The third-order valence-electron chi connectivity index (χ3n) is 6.98. The first-order valence-electron chi connectivity index (χ1n) is 11.6. The predicted octanol–water partition coefficient (Wildman–Crippen LogP) is 4.07. The van der Waals surface area contributed by atoms with Crippen LogP contribution >= 0.6 is 23.2 Å². The molecule has 0 spiro atoms. The van der Waals surface area contributed by atoms with Gasteiger partial charge in [0.2, 0.25) is 0 Å². The van der Waals surface area contributed by atoms with Crippen LogP contribution in [0, 0.1) is 6.92 Å². The van der Waals surface area contributed by atoms with Gasteiger partial charge in [0.15, 0.2) is 0 Å². The molecule has 180 valence electrons. The highest BCUT2D eigenvalue weighted by atomic mass is 35.5. The first-order valence-corrected chi connectivity index (χ1v) is 12.4. The Kier molecular flexibility index (Phi) is 6.31. The molecule has 10 heteroatoms. The molecular weight excluding hydrogens is 477 g/mol. The van der Waals surface area contributed by atoms with Gasteiger partial charge in [0, 0.05) is 54.0 Å². The predicted molar refractivity (Wildman–Crippen MR) is 133 cm³/mol. The average molecular weight is 504 g/mol. The van der Waals surface area contributed by atoms with Crippen molar-refractivity contribution < 1.29 is 9.53 Å². The van der Waals surface area contributed by atoms with Gasteiger partial charge >= 0.3 is 0 Å². The Hall–Kier alpha value is -2.55. The van der Waals surface area contributed by atoms with Crippen LogP contribution in [0.1, 0.15) is 46.9 Å². The van der Waals surface area contributed by atoms with Gasteiger partial charge in [-0.2, -0.15) is 5.10 Å². The summed E-state index contributed by atoms with van der Waals surface area (Å²) < 4.78 is 5.52. The maximum Gasteiger partial charge on any atom is 0.256 e. The van der Waals surface area contributed by atoms with Crippen LogP contribution < -0.4 is 10.5 Å². The summed E-state index contributed by atoms with van der Waals surface area (Å²) >= 11 is 13.6. The van der Waals surface area contributed by atoms with Crippen LogP contribution in [0.4, 0.5) is 5.69 Å². The highest BCUT2D eigenvalue weighted by Gasteiger charge is 2.33. The molecule has 3 aromatic rings. The molecule has 2 N–H and O–H groups in total. The Morgan fingerprint density at radius 1 is 1.26 bits per heavy atom. The number of halogens is 2. The number of fused-ring (bicyclic) bond motifs is 2. The van der Waals surface area contributed by atoms with E-state index in [1.165, 1.54) is 0 Å². The third kappa shape index (κ3) is 3.87. The summed E-state index contributed by atoms with van der Waals surface area (Å²) in [6, 6.07) is 2.17. The van der Waals surface area contributed by atoms with Gasteiger partial charge in [0.25, 0.3) is 11.5 Å². The summed E-state index contributed by atoms with van der Waals surface area (Å²) in [6.07, 6.45) is 4.00. The lowest BCUT2D eigenvalue weighted by molar-refractivity contribution is 0.0727. The topological polar surface area (TPSA) is 94.3 Å². The van der Waals surface area contributed by atoms with Gasteiger partial charge in [-0.05, 0) is 44.7 Å². The van der Waals surface area contributed by atoms with Gasteiger partial charge in [-0.15, -0.1) is 0 Å². The molecule has 1 saturated heterocycles. The lowest BCUT2D eigenvalue weighted by atomic mass is 9.96. The first-order chi connectivity index (χ1) is 16.4. The third-order valence-corrected chi connectivity index (χ3v) is 7.70. The molecule has 1 amide bonds. The summed E-state index contributed by atoms with van der Waals surface area (Å²) in [7, 11) is 0. The van der Waals surface area contributed by atoms with E-state index >= 15 is 0 Å². The van der Waals surface area contributed by atoms with Crippen LogP contribution in [-0.4, -0.2) is 58.3 Å². The Bertz CT molecular complexity index is 1310. The molecule has 34 heavy (non-hydrogen) atoms. The van der Waals surface area contributed by atoms with Gasteiger partial charge in [-0.3, -0.25) is 14.7 Å². The second-order valence-corrected chi connectivity index (χ2v) is 9.65. The van der Waals surface area contributed by atoms with Crippen molar-refractivity contribution in [3.05, 3.63) is 55.0 Å². The number of ether oxygens (including phenoxy) is 1. The Labute approximate surface area is 207 Å². The molecule has 0 aliphatic carbocycles. The number of H-pyrrole nitrogens is 2. The normalized spacial score (nSPS) is 16.8. The second-order valence-electron chi connectivity index (χ2n) is 8.87. The van der Waals surface area contributed by atoms with E-state index in [9.17, 15) is 9.59 Å². The Morgan fingerprint density at radius 2 is 2.03 bits per heavy atom. The highest BCUT2D eigenvalue weighted by molar-refractivity contribution is 6.39. The number of nitrogens with one attached hydrogen (secondary N) is 2. The van der Waals surface area contributed by atoms with E-state index in [1.54, 1.807) is 11.1 Å². The molecule has 1 aromatic carbocycles. The van der Waals surface area contributed by atoms with Crippen molar-refractivity contribution in [2.75, 3.05) is 31.2 Å². The zero-order chi connectivity index (χ0) is 24.0. The van der Waals surface area contributed by atoms with Crippen molar-refractivity contribution >= 4 is 45.7 Å². The van der Waals surface area contributed by atoms with E-state index < -0.39 is 0 Å². The molecular formula is C24H27Cl2N5O3. The number of hydrogen-bond acceptors (Lipinski definition) is 5. The number of pyridine rings is 1. The SMILES string of the molecule is CCN(c1cc(Cl)c2c(c1Cl)C(=O)N(Cc1c(=O)[nH]c(C)c3[nH]ncc13)CC2)C1CCOCC1. The summed E-state index contributed by atoms with van der Waals surface area (Å²) in [4.78, 5) is 33.2. The summed E-state index contributed by atoms with van der Waals surface area (Å²) in [5, 5.41) is 8.69. The van der Waals surface area contributed by atoms with E-state index in [4.69, 9.17) is 27.9 Å². The van der Waals surface area contributed by atoms with Gasteiger partial charge in [-0.1, -0.05) is 23.2 Å². The van der Waals surface area contributed by atoms with E-state index in [0.29, 0.717) is 53.0 Å². The number of nitrogens with zero attached hydrogens (tertiary/aromatic N) is 3. The number of aromatic amines is 2. The lowest BCUT2D eigenvalue weighted by Gasteiger charge is -2.37. The molecule has 0 saturated carbocycles. The van der Waals surface area contributed by atoms with Gasteiger partial charge in [0.1, 0.15) is 0 Å². The fraction of sp³-hybridized carbons (Fsp3) is 0.458. The maximum absolute atomic E-state index is 13.7. The van der Waals surface area contributed by atoms with E-state index in [0.717, 1.165) is 41.5 Å². The van der Waals surface area contributed by atoms with E-state index in [-0.39, 0.29) is 24.1 Å². The monoisotopic (exact) mass is 503 g/mol. The smallest absolute Gasteiger partial charge is 0.256 e. The van der Waals surface area contributed by atoms with Crippen LogP contribution in [0.2, 0.25) is 10.0 Å². The number of carbonyl (C=O) groups excluding carboxylic acids is 1. The fourth-order valence-corrected chi connectivity index (χ4v) is 5.84. The van der Waals surface area contributed by atoms with E-state index in [2.05, 4.69) is 27.0 Å². The number of amides is 1. The number of rotatable bonds is 5. The average Bonchev–Trinajstić information content (AvgIpc) is 3.32. The van der Waals surface area contributed by atoms with Crippen LogP contribution in [0.15, 0.2) is 17.1 Å².